The molecule has 1 aliphatic carbocycles. The van der Waals surface area contributed by atoms with E-state index in [-0.39, 0.29) is 24.9 Å². The Morgan fingerprint density at radius 1 is 0.902 bits per heavy atom. The highest BCUT2D eigenvalue weighted by atomic mass is 32.2. The molecule has 0 aromatic heterocycles. The SMILES string of the molecule is Cc1cccc(C)c1N(CC(=O)N(Cc1ccc(F)cc1)[C@@H](Cc1ccccc1)C(=O)NC1CCCC1)S(C)(=O)=O. The Hall–Kier alpha value is -3.72. The number of benzene rings is 3. The van der Waals surface area contributed by atoms with Crippen molar-refractivity contribution in [2.75, 3.05) is 17.1 Å². The number of anilines is 1. The lowest BCUT2D eigenvalue weighted by Gasteiger charge is -2.34. The van der Waals surface area contributed by atoms with Crippen LogP contribution in [0.5, 0.6) is 0 Å². The number of nitrogens with zero attached hydrogens (tertiary/aromatic N) is 2. The molecule has 41 heavy (non-hydrogen) atoms. The van der Waals surface area contributed by atoms with E-state index < -0.39 is 34.3 Å². The molecule has 1 fully saturated rings. The van der Waals surface area contributed by atoms with Crippen molar-refractivity contribution in [2.24, 2.45) is 0 Å². The maximum atomic E-state index is 14.2. The van der Waals surface area contributed by atoms with Gasteiger partial charge in [-0.25, -0.2) is 12.8 Å². The lowest BCUT2D eigenvalue weighted by atomic mass is 10.0. The smallest absolute Gasteiger partial charge is 0.244 e. The summed E-state index contributed by atoms with van der Waals surface area (Å²) < 4.78 is 40.9. The van der Waals surface area contributed by atoms with Crippen LogP contribution in [0.15, 0.2) is 72.8 Å². The number of aryl methyl sites for hydroxylation is 2. The zero-order valence-electron chi connectivity index (χ0n) is 23.8. The number of rotatable bonds is 11. The van der Waals surface area contributed by atoms with Crippen LogP contribution in [0.1, 0.15) is 47.9 Å². The number of halogens is 1. The zero-order chi connectivity index (χ0) is 29.6. The molecular formula is C32H38FN3O4S. The van der Waals surface area contributed by atoms with E-state index in [1.54, 1.807) is 38.1 Å². The molecule has 0 bridgehead atoms. The molecule has 1 aliphatic rings. The van der Waals surface area contributed by atoms with Crippen molar-refractivity contribution >= 4 is 27.5 Å². The van der Waals surface area contributed by atoms with Gasteiger partial charge >= 0.3 is 0 Å². The van der Waals surface area contributed by atoms with Gasteiger partial charge in [0.05, 0.1) is 11.9 Å². The second kappa shape index (κ2) is 13.3. The number of carbonyl (C=O) groups is 2. The second-order valence-electron chi connectivity index (χ2n) is 10.9. The minimum absolute atomic E-state index is 0.0130. The standard InChI is InChI=1S/C32H38FN3O4S/c1-23-10-9-11-24(2)31(23)36(41(3,39)40)22-30(37)35(21-26-16-18-27(33)19-17-26)29(20-25-12-5-4-6-13-25)32(38)34-28-14-7-8-15-28/h4-6,9-13,16-19,28-29H,7-8,14-15,20-22H2,1-3H3,(H,34,38)/t29-/m0/s1. The molecule has 1 N–H and O–H groups in total. The Bertz CT molecular complexity index is 1440. The van der Waals surface area contributed by atoms with Crippen molar-refractivity contribution in [3.63, 3.8) is 0 Å². The number of para-hydroxylation sites is 1. The first-order chi connectivity index (χ1) is 19.5. The van der Waals surface area contributed by atoms with Crippen LogP contribution in [0.2, 0.25) is 0 Å². The van der Waals surface area contributed by atoms with E-state index in [0.29, 0.717) is 22.4 Å². The van der Waals surface area contributed by atoms with E-state index in [0.717, 1.165) is 41.8 Å². The highest BCUT2D eigenvalue weighted by molar-refractivity contribution is 7.92. The van der Waals surface area contributed by atoms with Gasteiger partial charge in [-0.2, -0.15) is 0 Å². The maximum Gasteiger partial charge on any atom is 0.244 e. The third-order valence-electron chi connectivity index (χ3n) is 7.61. The lowest BCUT2D eigenvalue weighted by molar-refractivity contribution is -0.140. The van der Waals surface area contributed by atoms with Gasteiger partial charge in [0.25, 0.3) is 0 Å². The van der Waals surface area contributed by atoms with Crippen molar-refractivity contribution < 1.29 is 22.4 Å². The summed E-state index contributed by atoms with van der Waals surface area (Å²) in [7, 11) is -3.86. The summed E-state index contributed by atoms with van der Waals surface area (Å²) in [6, 6.07) is 19.8. The number of sulfonamides is 1. The summed E-state index contributed by atoms with van der Waals surface area (Å²) in [6.07, 6.45) is 5.14. The highest BCUT2D eigenvalue weighted by Gasteiger charge is 2.34. The summed E-state index contributed by atoms with van der Waals surface area (Å²) >= 11 is 0. The zero-order valence-corrected chi connectivity index (χ0v) is 24.7. The van der Waals surface area contributed by atoms with Gasteiger partial charge in [-0.1, -0.05) is 73.5 Å². The van der Waals surface area contributed by atoms with E-state index in [2.05, 4.69) is 5.32 Å². The van der Waals surface area contributed by atoms with Gasteiger partial charge in [0.2, 0.25) is 21.8 Å². The summed E-state index contributed by atoms with van der Waals surface area (Å²) in [5, 5.41) is 3.14. The minimum Gasteiger partial charge on any atom is -0.352 e. The Morgan fingerprint density at radius 3 is 2.10 bits per heavy atom. The molecule has 0 spiro atoms. The molecule has 2 amide bonds. The molecule has 0 aliphatic heterocycles. The predicted molar refractivity (Wildman–Crippen MR) is 159 cm³/mol. The number of amides is 2. The van der Waals surface area contributed by atoms with Gasteiger partial charge in [0.15, 0.2) is 0 Å². The fraction of sp³-hybridized carbons (Fsp3) is 0.375. The summed E-state index contributed by atoms with van der Waals surface area (Å²) in [4.78, 5) is 29.5. The van der Waals surface area contributed by atoms with Gasteiger partial charge in [-0.05, 0) is 61.1 Å². The second-order valence-corrected chi connectivity index (χ2v) is 12.8. The van der Waals surface area contributed by atoms with Crippen LogP contribution >= 0.6 is 0 Å². The van der Waals surface area contributed by atoms with E-state index in [4.69, 9.17) is 0 Å². The Kier molecular flexibility index (Phi) is 9.81. The molecular weight excluding hydrogens is 541 g/mol. The average molecular weight is 580 g/mol. The first-order valence-electron chi connectivity index (χ1n) is 13.9. The third-order valence-corrected chi connectivity index (χ3v) is 8.72. The summed E-state index contributed by atoms with van der Waals surface area (Å²) in [5.74, 6) is -1.22. The summed E-state index contributed by atoms with van der Waals surface area (Å²) in [5.41, 5.74) is 3.37. The fourth-order valence-corrected chi connectivity index (χ4v) is 6.45. The molecule has 3 aromatic rings. The highest BCUT2D eigenvalue weighted by Crippen LogP contribution is 2.27. The van der Waals surface area contributed by atoms with Crippen LogP contribution in [0, 0.1) is 19.7 Å². The van der Waals surface area contributed by atoms with Gasteiger partial charge in [0.1, 0.15) is 18.4 Å². The number of carbonyl (C=O) groups excluding carboxylic acids is 2. The Morgan fingerprint density at radius 2 is 1.51 bits per heavy atom. The molecule has 1 saturated carbocycles. The Balaban J connectivity index is 1.74. The van der Waals surface area contributed by atoms with Crippen molar-refractivity contribution in [1.29, 1.82) is 0 Å². The molecule has 0 radical (unpaired) electrons. The lowest BCUT2D eigenvalue weighted by Crippen LogP contribution is -2.54. The topological polar surface area (TPSA) is 86.8 Å². The van der Waals surface area contributed by atoms with Gasteiger partial charge in [-0.15, -0.1) is 0 Å². The van der Waals surface area contributed by atoms with Crippen LogP contribution in [0.4, 0.5) is 10.1 Å². The first kappa shape index (κ1) is 30.2. The maximum absolute atomic E-state index is 14.2. The molecule has 0 saturated heterocycles. The van der Waals surface area contributed by atoms with Gasteiger partial charge in [0, 0.05) is 19.0 Å². The van der Waals surface area contributed by atoms with Crippen molar-refractivity contribution in [3.8, 4) is 0 Å². The Labute approximate surface area is 242 Å². The van der Waals surface area contributed by atoms with E-state index in [1.165, 1.54) is 17.0 Å². The van der Waals surface area contributed by atoms with Crippen LogP contribution in [0.25, 0.3) is 0 Å². The van der Waals surface area contributed by atoms with Crippen molar-refractivity contribution in [3.05, 3.63) is 101 Å². The minimum atomic E-state index is -3.86. The number of nitrogens with one attached hydrogen (secondary N) is 1. The average Bonchev–Trinajstić information content (AvgIpc) is 3.44. The molecule has 0 unspecified atom stereocenters. The van der Waals surface area contributed by atoms with E-state index in [9.17, 15) is 22.4 Å². The van der Waals surface area contributed by atoms with E-state index in [1.807, 2.05) is 36.4 Å². The largest absolute Gasteiger partial charge is 0.352 e. The normalized spacial score (nSPS) is 14.4. The fourth-order valence-electron chi connectivity index (χ4n) is 5.48. The van der Waals surface area contributed by atoms with Crippen molar-refractivity contribution in [1.82, 2.24) is 10.2 Å². The van der Waals surface area contributed by atoms with Crippen LogP contribution in [-0.4, -0.2) is 50.0 Å². The van der Waals surface area contributed by atoms with Crippen molar-refractivity contribution in [2.45, 2.75) is 64.6 Å². The molecule has 218 valence electrons. The van der Waals surface area contributed by atoms with Crippen LogP contribution in [-0.2, 0) is 32.6 Å². The third kappa shape index (κ3) is 7.94. The number of hydrogen-bond donors (Lipinski definition) is 1. The molecule has 1 atom stereocenters. The van der Waals surface area contributed by atoms with Gasteiger partial charge < -0.3 is 10.2 Å². The first-order valence-corrected chi connectivity index (χ1v) is 15.8. The summed E-state index contributed by atoms with van der Waals surface area (Å²) in [6.45, 7) is 3.13. The molecule has 4 rings (SSSR count). The molecule has 9 heteroatoms. The quantitative estimate of drug-likeness (QED) is 0.350. The van der Waals surface area contributed by atoms with Crippen LogP contribution in [0.3, 0.4) is 0 Å². The number of hydrogen-bond acceptors (Lipinski definition) is 4. The molecule has 0 heterocycles. The monoisotopic (exact) mass is 579 g/mol. The predicted octanol–water partition coefficient (Wildman–Crippen LogP) is 4.91. The molecule has 3 aromatic carbocycles. The van der Waals surface area contributed by atoms with Crippen LogP contribution < -0.4 is 9.62 Å². The van der Waals surface area contributed by atoms with E-state index >= 15 is 0 Å². The van der Waals surface area contributed by atoms with Gasteiger partial charge in [-0.3, -0.25) is 13.9 Å². The molecule has 7 nitrogen and oxygen atoms in total.